The smallest absolute Gasteiger partial charge is 0.416 e. The van der Waals surface area contributed by atoms with Gasteiger partial charge in [0.25, 0.3) is 0 Å². The van der Waals surface area contributed by atoms with Gasteiger partial charge in [0.1, 0.15) is 0 Å². The second-order valence-corrected chi connectivity index (χ2v) is 4.04. The van der Waals surface area contributed by atoms with Crippen molar-refractivity contribution >= 4 is 11.5 Å². The van der Waals surface area contributed by atoms with Gasteiger partial charge in [-0.2, -0.15) is 30.7 Å². The molecule has 0 spiro atoms. The molecule has 0 aliphatic rings. The van der Waals surface area contributed by atoms with Crippen LogP contribution in [0.15, 0.2) is 24.0 Å². The minimum absolute atomic E-state index is 0.130. The van der Waals surface area contributed by atoms with Gasteiger partial charge in [0.05, 0.1) is 11.1 Å². The predicted molar refractivity (Wildman–Crippen MR) is 57.8 cm³/mol. The van der Waals surface area contributed by atoms with Crippen molar-refractivity contribution in [3.05, 3.63) is 40.7 Å². The lowest BCUT2D eigenvalue weighted by atomic mass is 9.99. The third-order valence-electron chi connectivity index (χ3n) is 2.54. The summed E-state index contributed by atoms with van der Waals surface area (Å²) in [4.78, 5) is 10.4. The van der Waals surface area contributed by atoms with Crippen molar-refractivity contribution < 1.29 is 40.6 Å². The number of benzene rings is 1. The summed E-state index contributed by atoms with van der Waals surface area (Å²) in [7, 11) is 0. The molecule has 0 aliphatic heterocycles. The van der Waals surface area contributed by atoms with Gasteiger partial charge in [-0.1, -0.05) is 0 Å². The van der Waals surface area contributed by atoms with Gasteiger partial charge in [0.15, 0.2) is 0 Å². The number of alkyl halides is 6. The van der Waals surface area contributed by atoms with E-state index in [4.69, 9.17) is 5.11 Å². The molecular weight excluding hydrogens is 309 g/mol. The van der Waals surface area contributed by atoms with Crippen molar-refractivity contribution in [2.24, 2.45) is 0 Å². The summed E-state index contributed by atoms with van der Waals surface area (Å²) in [5.41, 5.74) is -4.94. The topological polar surface area (TPSA) is 37.3 Å². The first-order chi connectivity index (χ1) is 9.34. The monoisotopic (exact) mass is 316 g/mol. The zero-order valence-electron chi connectivity index (χ0n) is 10.2. The highest BCUT2D eigenvalue weighted by molar-refractivity contribution is 5.93. The number of carbonyl (C=O) groups is 1. The van der Waals surface area contributed by atoms with Gasteiger partial charge in [-0.3, -0.25) is 0 Å². The Kier molecular flexibility index (Phi) is 4.35. The molecule has 0 saturated carbocycles. The molecule has 1 aromatic rings. The highest BCUT2D eigenvalue weighted by Gasteiger charge is 2.37. The maximum atomic E-state index is 13.2. The van der Waals surface area contributed by atoms with E-state index in [1.54, 1.807) is 0 Å². The van der Waals surface area contributed by atoms with Crippen molar-refractivity contribution in [2.45, 2.75) is 19.3 Å². The average molecular weight is 316 g/mol. The molecule has 0 atom stereocenters. The van der Waals surface area contributed by atoms with E-state index in [0.717, 1.165) is 6.92 Å². The standard InChI is InChI=1S/C12H7F7O2/c1-5(9(13)10(20)21)6-2-7(11(14,15)16)4-8(3-6)12(17,18)19/h2-4H,1H3,(H,20,21). The average Bonchev–Trinajstić information content (AvgIpc) is 2.34. The van der Waals surface area contributed by atoms with Crippen molar-refractivity contribution in [1.29, 1.82) is 0 Å². The zero-order chi connectivity index (χ0) is 16.6. The van der Waals surface area contributed by atoms with Crippen LogP contribution >= 0.6 is 0 Å². The van der Waals surface area contributed by atoms with Gasteiger partial charge in [-0.15, -0.1) is 0 Å². The molecule has 0 aromatic heterocycles. The third kappa shape index (κ3) is 3.96. The molecule has 0 heterocycles. The summed E-state index contributed by atoms with van der Waals surface area (Å²) in [6.07, 6.45) is -10.2. The van der Waals surface area contributed by atoms with Gasteiger partial charge >= 0.3 is 18.3 Å². The van der Waals surface area contributed by atoms with E-state index in [-0.39, 0.29) is 18.2 Å². The Morgan fingerprint density at radius 1 is 0.952 bits per heavy atom. The van der Waals surface area contributed by atoms with Crippen LogP contribution in [0.2, 0.25) is 0 Å². The van der Waals surface area contributed by atoms with E-state index in [1.807, 2.05) is 0 Å². The largest absolute Gasteiger partial charge is 0.476 e. The van der Waals surface area contributed by atoms with E-state index in [0.29, 0.717) is 0 Å². The molecule has 21 heavy (non-hydrogen) atoms. The number of allylic oxidation sites excluding steroid dienone is 1. The molecule has 0 radical (unpaired) electrons. The van der Waals surface area contributed by atoms with E-state index >= 15 is 0 Å². The lowest BCUT2D eigenvalue weighted by Crippen LogP contribution is -2.12. The molecule has 116 valence electrons. The molecule has 0 aliphatic carbocycles. The second kappa shape index (κ2) is 5.38. The normalized spacial score (nSPS) is 13.9. The predicted octanol–water partition coefficient (Wildman–Crippen LogP) is 4.51. The molecule has 9 heteroatoms. The zero-order valence-corrected chi connectivity index (χ0v) is 10.2. The first-order valence-electron chi connectivity index (χ1n) is 5.23. The van der Waals surface area contributed by atoms with Gasteiger partial charge in [0.2, 0.25) is 5.83 Å². The molecule has 0 amide bonds. The number of halogens is 7. The molecule has 1 N–H and O–H groups in total. The number of carboxylic acids is 1. The molecule has 0 unspecified atom stereocenters. The van der Waals surface area contributed by atoms with Crippen LogP contribution in [-0.4, -0.2) is 11.1 Å². The van der Waals surface area contributed by atoms with Crippen LogP contribution in [0.4, 0.5) is 30.7 Å². The van der Waals surface area contributed by atoms with Crippen LogP contribution in [-0.2, 0) is 17.1 Å². The van der Waals surface area contributed by atoms with Crippen molar-refractivity contribution in [2.75, 3.05) is 0 Å². The van der Waals surface area contributed by atoms with Crippen LogP contribution in [0.1, 0.15) is 23.6 Å². The van der Waals surface area contributed by atoms with Gasteiger partial charge in [-0.05, 0) is 36.3 Å². The lowest BCUT2D eigenvalue weighted by molar-refractivity contribution is -0.143. The second-order valence-electron chi connectivity index (χ2n) is 4.04. The Labute approximate surface area is 113 Å². The van der Waals surface area contributed by atoms with Crippen LogP contribution in [0.3, 0.4) is 0 Å². The van der Waals surface area contributed by atoms with E-state index in [2.05, 4.69) is 0 Å². The molecule has 1 aromatic carbocycles. The third-order valence-corrected chi connectivity index (χ3v) is 2.54. The quantitative estimate of drug-likeness (QED) is 0.644. The minimum atomic E-state index is -5.09. The molecule has 2 nitrogen and oxygen atoms in total. The Morgan fingerprint density at radius 2 is 1.33 bits per heavy atom. The number of rotatable bonds is 2. The summed E-state index contributed by atoms with van der Waals surface area (Å²) in [6, 6.07) is 0.385. The summed E-state index contributed by atoms with van der Waals surface area (Å²) in [6.45, 7) is 0.777. The Balaban J connectivity index is 3.61. The van der Waals surface area contributed by atoms with E-state index in [9.17, 15) is 35.5 Å². The minimum Gasteiger partial charge on any atom is -0.476 e. The Bertz CT molecular complexity index is 564. The summed E-state index contributed by atoms with van der Waals surface area (Å²) >= 11 is 0. The van der Waals surface area contributed by atoms with Crippen LogP contribution < -0.4 is 0 Å². The van der Waals surface area contributed by atoms with E-state index in [1.165, 1.54) is 0 Å². The van der Waals surface area contributed by atoms with Crippen LogP contribution in [0.5, 0.6) is 0 Å². The maximum absolute atomic E-state index is 13.2. The molecular formula is C12H7F7O2. The Hall–Kier alpha value is -2.06. The number of carboxylic acid groups (broad SMARTS) is 1. The van der Waals surface area contributed by atoms with Gasteiger partial charge < -0.3 is 5.11 Å². The molecule has 0 saturated heterocycles. The fourth-order valence-corrected chi connectivity index (χ4v) is 1.46. The number of aliphatic carboxylic acids is 1. The summed E-state index contributed by atoms with van der Waals surface area (Å²) in [5, 5.41) is 8.39. The maximum Gasteiger partial charge on any atom is 0.416 e. The molecule has 0 bridgehead atoms. The van der Waals surface area contributed by atoms with Crippen molar-refractivity contribution in [1.82, 2.24) is 0 Å². The SMILES string of the molecule is CC(=C(F)C(=O)O)c1cc(C(F)(F)F)cc(C(F)(F)F)c1. The number of hydrogen-bond acceptors (Lipinski definition) is 1. The van der Waals surface area contributed by atoms with Gasteiger partial charge in [0, 0.05) is 0 Å². The summed E-state index contributed by atoms with van der Waals surface area (Å²) < 4.78 is 88.6. The van der Waals surface area contributed by atoms with E-state index < -0.39 is 46.4 Å². The highest BCUT2D eigenvalue weighted by Crippen LogP contribution is 2.38. The molecule has 0 fully saturated rings. The fraction of sp³-hybridized carbons (Fsp3) is 0.250. The van der Waals surface area contributed by atoms with Crippen molar-refractivity contribution in [3.8, 4) is 0 Å². The lowest BCUT2D eigenvalue weighted by Gasteiger charge is -2.14. The fourth-order valence-electron chi connectivity index (χ4n) is 1.46. The van der Waals surface area contributed by atoms with Crippen molar-refractivity contribution in [3.63, 3.8) is 0 Å². The van der Waals surface area contributed by atoms with Crippen LogP contribution in [0, 0.1) is 0 Å². The first-order valence-corrected chi connectivity index (χ1v) is 5.23. The first kappa shape index (κ1) is 17.0. The Morgan fingerprint density at radius 3 is 1.62 bits per heavy atom. The summed E-state index contributed by atoms with van der Waals surface area (Å²) in [5.74, 6) is -3.92. The molecule has 1 rings (SSSR count). The number of hydrogen-bond donors (Lipinski definition) is 1. The van der Waals surface area contributed by atoms with Crippen LogP contribution in [0.25, 0.3) is 5.57 Å². The highest BCUT2D eigenvalue weighted by atomic mass is 19.4. The van der Waals surface area contributed by atoms with Gasteiger partial charge in [-0.25, -0.2) is 4.79 Å².